The van der Waals surface area contributed by atoms with Gasteiger partial charge in [-0.3, -0.25) is 4.79 Å². The zero-order valence-electron chi connectivity index (χ0n) is 15.4. The first kappa shape index (κ1) is 21.9. The van der Waals surface area contributed by atoms with Crippen LogP contribution in [0.2, 0.25) is 0 Å². The number of carbonyl (C=O) groups excluding carboxylic acids is 1. The lowest BCUT2D eigenvalue weighted by atomic mass is 10.1. The first-order valence-corrected chi connectivity index (χ1v) is 10.0. The van der Waals surface area contributed by atoms with Gasteiger partial charge in [-0.05, 0) is 62.2 Å². The predicted molar refractivity (Wildman–Crippen MR) is 99.4 cm³/mol. The van der Waals surface area contributed by atoms with Crippen LogP contribution in [0.5, 0.6) is 0 Å². The van der Waals surface area contributed by atoms with Crippen molar-refractivity contribution in [1.29, 1.82) is 0 Å². The zero-order valence-corrected chi connectivity index (χ0v) is 16.2. The molecular weight excluding hydrogens is 393 g/mol. The van der Waals surface area contributed by atoms with E-state index in [4.69, 9.17) is 0 Å². The average Bonchev–Trinajstić information content (AvgIpc) is 2.60. The highest BCUT2D eigenvalue weighted by atomic mass is 32.2. The highest BCUT2D eigenvalue weighted by Gasteiger charge is 2.29. The number of nitrogens with one attached hydrogen (secondary N) is 2. The second-order valence-corrected chi connectivity index (χ2v) is 8.21. The third-order valence-corrected chi connectivity index (χ3v) is 5.47. The summed E-state index contributed by atoms with van der Waals surface area (Å²) in [6.45, 7) is 3.64. The standard InChI is InChI=1S/C19H21F3N2O3S/c1-13(2)24-28(26,27)17-9-5-15(6-10-17)18(25)23-12-11-14-3-7-16(8-4-14)19(20,21)22/h3-10,13,24H,11-12H2,1-2H3,(H,23,25). The highest BCUT2D eigenvalue weighted by Crippen LogP contribution is 2.29. The Morgan fingerprint density at radius 3 is 2.07 bits per heavy atom. The molecule has 5 nitrogen and oxygen atoms in total. The predicted octanol–water partition coefficient (Wildman–Crippen LogP) is 3.36. The number of rotatable bonds is 7. The zero-order chi connectivity index (χ0) is 20.9. The average molecular weight is 414 g/mol. The molecule has 9 heteroatoms. The second kappa shape index (κ2) is 8.74. The van der Waals surface area contributed by atoms with Gasteiger partial charge in [-0.2, -0.15) is 13.2 Å². The van der Waals surface area contributed by atoms with Crippen molar-refractivity contribution in [3.63, 3.8) is 0 Å². The van der Waals surface area contributed by atoms with E-state index in [1.165, 1.54) is 36.4 Å². The molecule has 2 rings (SSSR count). The number of alkyl halides is 3. The fourth-order valence-corrected chi connectivity index (χ4v) is 3.70. The first-order chi connectivity index (χ1) is 13.0. The van der Waals surface area contributed by atoms with Crippen LogP contribution in [0.25, 0.3) is 0 Å². The first-order valence-electron chi connectivity index (χ1n) is 8.56. The molecule has 0 spiro atoms. The molecule has 2 aromatic rings. The maximum absolute atomic E-state index is 12.5. The molecule has 0 aromatic heterocycles. The third kappa shape index (κ3) is 6.07. The maximum Gasteiger partial charge on any atom is 0.416 e. The number of hydrogen-bond acceptors (Lipinski definition) is 3. The minimum atomic E-state index is -4.38. The summed E-state index contributed by atoms with van der Waals surface area (Å²) in [5.74, 6) is -0.396. The Kier molecular flexibility index (Phi) is 6.84. The summed E-state index contributed by atoms with van der Waals surface area (Å²) in [7, 11) is -3.63. The van der Waals surface area contributed by atoms with Gasteiger partial charge < -0.3 is 5.32 Å². The lowest BCUT2D eigenvalue weighted by molar-refractivity contribution is -0.137. The van der Waals surface area contributed by atoms with Crippen molar-refractivity contribution < 1.29 is 26.4 Å². The largest absolute Gasteiger partial charge is 0.416 e. The van der Waals surface area contributed by atoms with Crippen LogP contribution in [0.1, 0.15) is 35.3 Å². The van der Waals surface area contributed by atoms with Crippen molar-refractivity contribution in [1.82, 2.24) is 10.0 Å². The van der Waals surface area contributed by atoms with E-state index in [1.54, 1.807) is 13.8 Å². The van der Waals surface area contributed by atoms with E-state index in [0.717, 1.165) is 12.1 Å². The van der Waals surface area contributed by atoms with E-state index in [0.29, 0.717) is 12.0 Å². The topological polar surface area (TPSA) is 75.3 Å². The van der Waals surface area contributed by atoms with Crippen molar-refractivity contribution in [3.8, 4) is 0 Å². The van der Waals surface area contributed by atoms with Crippen LogP contribution in [0.3, 0.4) is 0 Å². The number of amides is 1. The molecule has 0 aliphatic rings. The summed E-state index contributed by atoms with van der Waals surface area (Å²) < 4.78 is 64.2. The molecule has 0 saturated heterocycles. The molecule has 0 aliphatic heterocycles. The Hall–Kier alpha value is -2.39. The van der Waals surface area contributed by atoms with E-state index in [9.17, 15) is 26.4 Å². The van der Waals surface area contributed by atoms with Gasteiger partial charge in [0, 0.05) is 18.2 Å². The summed E-state index contributed by atoms with van der Waals surface area (Å²) in [6, 6.07) is 9.99. The van der Waals surface area contributed by atoms with Crippen molar-refractivity contribution in [2.75, 3.05) is 6.54 Å². The molecule has 0 saturated carbocycles. The van der Waals surface area contributed by atoms with Crippen LogP contribution in [-0.2, 0) is 22.6 Å². The molecule has 2 N–H and O–H groups in total. The van der Waals surface area contributed by atoms with Gasteiger partial charge in [0.25, 0.3) is 5.91 Å². The van der Waals surface area contributed by atoms with Crippen LogP contribution < -0.4 is 10.0 Å². The van der Waals surface area contributed by atoms with Crippen LogP contribution in [0.15, 0.2) is 53.4 Å². The lowest BCUT2D eigenvalue weighted by Crippen LogP contribution is -2.30. The minimum Gasteiger partial charge on any atom is -0.352 e. The van der Waals surface area contributed by atoms with Gasteiger partial charge in [0.05, 0.1) is 10.5 Å². The van der Waals surface area contributed by atoms with E-state index < -0.39 is 27.7 Å². The van der Waals surface area contributed by atoms with E-state index in [2.05, 4.69) is 10.0 Å². The summed E-state index contributed by atoms with van der Waals surface area (Å²) in [5.41, 5.74) is 0.229. The Morgan fingerprint density at radius 2 is 1.57 bits per heavy atom. The number of benzene rings is 2. The lowest BCUT2D eigenvalue weighted by Gasteiger charge is -2.10. The SMILES string of the molecule is CC(C)NS(=O)(=O)c1ccc(C(=O)NCCc2ccc(C(F)(F)F)cc2)cc1. The van der Waals surface area contributed by atoms with Crippen molar-refractivity contribution >= 4 is 15.9 Å². The Bertz CT molecular complexity index is 907. The van der Waals surface area contributed by atoms with E-state index in [1.807, 2.05) is 0 Å². The van der Waals surface area contributed by atoms with Gasteiger partial charge in [0.1, 0.15) is 0 Å². The van der Waals surface area contributed by atoms with Crippen molar-refractivity contribution in [3.05, 3.63) is 65.2 Å². The quantitative estimate of drug-likeness (QED) is 0.730. The summed E-state index contributed by atoms with van der Waals surface area (Å²) >= 11 is 0. The fourth-order valence-electron chi connectivity index (χ4n) is 2.45. The molecule has 0 radical (unpaired) electrons. The van der Waals surface area contributed by atoms with Crippen LogP contribution >= 0.6 is 0 Å². The Balaban J connectivity index is 1.91. The van der Waals surface area contributed by atoms with Crippen LogP contribution in [0.4, 0.5) is 13.2 Å². The number of carbonyl (C=O) groups is 1. The third-order valence-electron chi connectivity index (χ3n) is 3.80. The number of halogens is 3. The molecule has 0 aliphatic carbocycles. The molecular formula is C19H21F3N2O3S. The van der Waals surface area contributed by atoms with Gasteiger partial charge in [-0.1, -0.05) is 12.1 Å². The summed E-state index contributed by atoms with van der Waals surface area (Å²) in [6.07, 6.45) is -4.01. The smallest absolute Gasteiger partial charge is 0.352 e. The monoisotopic (exact) mass is 414 g/mol. The summed E-state index contributed by atoms with van der Waals surface area (Å²) in [4.78, 5) is 12.2. The van der Waals surface area contributed by atoms with Gasteiger partial charge >= 0.3 is 6.18 Å². The molecule has 2 aromatic carbocycles. The summed E-state index contributed by atoms with van der Waals surface area (Å²) in [5, 5.41) is 2.66. The molecule has 0 fully saturated rings. The highest BCUT2D eigenvalue weighted by molar-refractivity contribution is 7.89. The van der Waals surface area contributed by atoms with E-state index in [-0.39, 0.29) is 23.0 Å². The Morgan fingerprint density at radius 1 is 1.00 bits per heavy atom. The number of sulfonamides is 1. The fraction of sp³-hybridized carbons (Fsp3) is 0.316. The number of hydrogen-bond donors (Lipinski definition) is 2. The van der Waals surface area contributed by atoms with Crippen LogP contribution in [-0.4, -0.2) is 26.9 Å². The van der Waals surface area contributed by atoms with Crippen molar-refractivity contribution in [2.45, 2.75) is 37.4 Å². The molecule has 0 heterocycles. The minimum absolute atomic E-state index is 0.0579. The van der Waals surface area contributed by atoms with Gasteiger partial charge in [0.2, 0.25) is 10.0 Å². The van der Waals surface area contributed by atoms with Gasteiger partial charge in [-0.25, -0.2) is 13.1 Å². The van der Waals surface area contributed by atoms with Crippen molar-refractivity contribution in [2.24, 2.45) is 0 Å². The second-order valence-electron chi connectivity index (χ2n) is 6.50. The van der Waals surface area contributed by atoms with E-state index >= 15 is 0 Å². The van der Waals surface area contributed by atoms with Crippen LogP contribution in [0, 0.1) is 0 Å². The Labute approximate surface area is 162 Å². The molecule has 0 unspecified atom stereocenters. The van der Waals surface area contributed by atoms with Gasteiger partial charge in [-0.15, -0.1) is 0 Å². The molecule has 1 amide bonds. The molecule has 152 valence electrons. The maximum atomic E-state index is 12.5. The molecule has 0 bridgehead atoms. The van der Waals surface area contributed by atoms with Gasteiger partial charge in [0.15, 0.2) is 0 Å². The molecule has 28 heavy (non-hydrogen) atoms. The normalized spacial score (nSPS) is 12.2. The molecule has 0 atom stereocenters.